The molecule has 0 atom stereocenters. The summed E-state index contributed by atoms with van der Waals surface area (Å²) in [6.45, 7) is 4.35. The fourth-order valence-corrected chi connectivity index (χ4v) is 2.97. The molecule has 0 bridgehead atoms. The minimum absolute atomic E-state index is 0.0134. The van der Waals surface area contributed by atoms with Crippen molar-refractivity contribution in [2.45, 2.75) is 13.8 Å². The molecule has 9 heteroatoms. The second kappa shape index (κ2) is 11.1. The molecular formula is C23H21NO7S. The molecule has 3 aromatic carbocycles. The van der Waals surface area contributed by atoms with Gasteiger partial charge in [-0.25, -0.2) is 4.79 Å². The molecule has 0 aliphatic rings. The van der Waals surface area contributed by atoms with Gasteiger partial charge in [0, 0.05) is 5.69 Å². The highest BCUT2D eigenvalue weighted by Gasteiger charge is 2.18. The van der Waals surface area contributed by atoms with Crippen molar-refractivity contribution in [2.75, 3.05) is 11.9 Å². The molecule has 0 aliphatic heterocycles. The fourth-order valence-electron chi connectivity index (χ4n) is 2.65. The van der Waals surface area contributed by atoms with Crippen molar-refractivity contribution in [1.29, 1.82) is 0 Å². The Bertz CT molecular complexity index is 1070. The van der Waals surface area contributed by atoms with Crippen LogP contribution in [0.2, 0.25) is 0 Å². The van der Waals surface area contributed by atoms with Gasteiger partial charge in [0.1, 0.15) is 11.5 Å². The van der Waals surface area contributed by atoms with E-state index in [4.69, 9.17) is 18.1 Å². The Balaban J connectivity index is 1.61. The first-order chi connectivity index (χ1) is 15.5. The molecule has 0 spiro atoms. The number of hydrogen-bond donors (Lipinski definition) is 2. The second-order valence-electron chi connectivity index (χ2n) is 6.54. The Hall–Kier alpha value is -3.69. The van der Waals surface area contributed by atoms with Crippen LogP contribution in [-0.2, 0) is 4.33 Å². The number of carboxylic acids is 1. The molecule has 2 N–H and O–H groups in total. The van der Waals surface area contributed by atoms with E-state index >= 15 is 0 Å². The molecule has 0 radical (unpaired) electrons. The zero-order valence-electron chi connectivity index (χ0n) is 17.4. The number of anilines is 1. The highest BCUT2D eigenvalue weighted by atomic mass is 32.2. The van der Waals surface area contributed by atoms with E-state index in [9.17, 15) is 14.7 Å². The van der Waals surface area contributed by atoms with Gasteiger partial charge < -0.3 is 24.2 Å². The van der Waals surface area contributed by atoms with E-state index in [1.165, 1.54) is 18.2 Å². The normalized spacial score (nSPS) is 10.3. The largest absolute Gasteiger partial charge is 0.494 e. The number of nitrogens with one attached hydrogen (secondary N) is 1. The fraction of sp³-hybridized carbons (Fsp3) is 0.130. The Kier molecular flexibility index (Phi) is 7.96. The maximum atomic E-state index is 12.6. The van der Waals surface area contributed by atoms with Gasteiger partial charge in [0.25, 0.3) is 18.2 Å². The number of aromatic carboxylic acids is 1. The lowest BCUT2D eigenvalue weighted by atomic mass is 10.1. The molecule has 0 fully saturated rings. The number of carboxylic acid groups (broad SMARTS) is 1. The van der Waals surface area contributed by atoms with Crippen LogP contribution >= 0.6 is 12.3 Å². The van der Waals surface area contributed by atoms with Gasteiger partial charge in [-0.3, -0.25) is 4.79 Å². The summed E-state index contributed by atoms with van der Waals surface area (Å²) in [5, 5.41) is 12.2. The highest BCUT2D eigenvalue weighted by Crippen LogP contribution is 2.24. The predicted octanol–water partition coefficient (Wildman–Crippen LogP) is 5.30. The summed E-state index contributed by atoms with van der Waals surface area (Å²) in [5.41, 5.74) is 1.35. The van der Waals surface area contributed by atoms with Crippen molar-refractivity contribution in [3.05, 3.63) is 83.4 Å². The number of hydrogen-bond acceptors (Lipinski definition) is 7. The third kappa shape index (κ3) is 6.40. The van der Waals surface area contributed by atoms with E-state index in [0.717, 1.165) is 5.56 Å². The first-order valence-electron chi connectivity index (χ1n) is 9.62. The monoisotopic (exact) mass is 455 g/mol. The number of amides is 1. The molecule has 166 valence electrons. The second-order valence-corrected chi connectivity index (χ2v) is 6.98. The molecule has 0 saturated carbocycles. The van der Waals surface area contributed by atoms with Gasteiger partial charge in [-0.15, -0.1) is 0 Å². The smallest absolute Gasteiger partial charge is 0.336 e. The van der Waals surface area contributed by atoms with Crippen LogP contribution in [0.15, 0.2) is 66.7 Å². The predicted molar refractivity (Wildman–Crippen MR) is 120 cm³/mol. The maximum absolute atomic E-state index is 12.6. The topological polar surface area (TPSA) is 103 Å². The molecule has 0 heterocycles. The number of benzene rings is 3. The van der Waals surface area contributed by atoms with E-state index in [2.05, 4.69) is 5.32 Å². The molecule has 0 aromatic heterocycles. The van der Waals surface area contributed by atoms with Gasteiger partial charge in [0.2, 0.25) is 0 Å². The molecule has 0 aliphatic carbocycles. The van der Waals surface area contributed by atoms with Crippen molar-refractivity contribution in [2.24, 2.45) is 0 Å². The standard InChI is InChI=1S/C23H21NO7S/c1-3-28-17-10-6-16(7-11-17)24-22(25)20-13-12-19(14-21(20)23(26)27)30-32-31-29-18-8-4-15(2)5-9-18/h4-14H,3H2,1-2H3,(H,24,25)(H,26,27). The van der Waals surface area contributed by atoms with Crippen molar-refractivity contribution in [3.63, 3.8) is 0 Å². The van der Waals surface area contributed by atoms with Gasteiger partial charge in [0.15, 0.2) is 5.75 Å². The van der Waals surface area contributed by atoms with Crippen molar-refractivity contribution < 1.29 is 32.8 Å². The van der Waals surface area contributed by atoms with Crippen molar-refractivity contribution in [1.82, 2.24) is 0 Å². The van der Waals surface area contributed by atoms with E-state index in [1.807, 2.05) is 26.0 Å². The van der Waals surface area contributed by atoms with Crippen LogP contribution in [0.3, 0.4) is 0 Å². The van der Waals surface area contributed by atoms with Crippen molar-refractivity contribution >= 4 is 29.9 Å². The number of rotatable bonds is 10. The zero-order chi connectivity index (χ0) is 22.9. The van der Waals surface area contributed by atoms with Crippen LogP contribution < -0.4 is 19.1 Å². The van der Waals surface area contributed by atoms with Gasteiger partial charge in [-0.05, 0) is 68.4 Å². The Morgan fingerprint density at radius 1 is 0.906 bits per heavy atom. The van der Waals surface area contributed by atoms with E-state index in [1.54, 1.807) is 36.4 Å². The summed E-state index contributed by atoms with van der Waals surface area (Å²) < 4.78 is 15.6. The maximum Gasteiger partial charge on any atom is 0.336 e. The molecule has 3 aromatic rings. The van der Waals surface area contributed by atoms with E-state index < -0.39 is 11.9 Å². The highest BCUT2D eigenvalue weighted by molar-refractivity contribution is 7.90. The number of ether oxygens (including phenoxy) is 1. The third-order valence-electron chi connectivity index (χ3n) is 4.20. The molecule has 1 amide bonds. The summed E-state index contributed by atoms with van der Waals surface area (Å²) in [6.07, 6.45) is 0. The minimum Gasteiger partial charge on any atom is -0.494 e. The lowest BCUT2D eigenvalue weighted by Gasteiger charge is -2.10. The van der Waals surface area contributed by atoms with Gasteiger partial charge in [-0.2, -0.15) is 0 Å². The number of aryl methyl sites for hydroxylation is 1. The average molecular weight is 455 g/mol. The Labute approximate surface area is 189 Å². The van der Waals surface area contributed by atoms with Crippen molar-refractivity contribution in [3.8, 4) is 17.2 Å². The van der Waals surface area contributed by atoms with Crippen LogP contribution in [0.25, 0.3) is 0 Å². The summed E-state index contributed by atoms with van der Waals surface area (Å²) in [7, 11) is 0. The lowest BCUT2D eigenvalue weighted by molar-refractivity contribution is -0.0833. The van der Waals surface area contributed by atoms with Crippen LogP contribution in [0, 0.1) is 6.92 Å². The lowest BCUT2D eigenvalue weighted by Crippen LogP contribution is -2.16. The van der Waals surface area contributed by atoms with Crippen LogP contribution in [0.4, 0.5) is 5.69 Å². The van der Waals surface area contributed by atoms with E-state index in [-0.39, 0.29) is 16.9 Å². The summed E-state index contributed by atoms with van der Waals surface area (Å²) in [4.78, 5) is 29.3. The molecule has 3 rings (SSSR count). The SMILES string of the molecule is CCOc1ccc(NC(=O)c2ccc(OSOOc3ccc(C)cc3)cc2C(=O)O)cc1. The summed E-state index contributed by atoms with van der Waals surface area (Å²) >= 11 is 0.520. The zero-order valence-corrected chi connectivity index (χ0v) is 18.2. The molecule has 8 nitrogen and oxygen atoms in total. The minimum atomic E-state index is -1.27. The molecular weight excluding hydrogens is 434 g/mol. The molecule has 0 saturated heterocycles. The number of carbonyl (C=O) groups excluding carboxylic acids is 1. The third-order valence-corrected chi connectivity index (χ3v) is 4.58. The van der Waals surface area contributed by atoms with Crippen LogP contribution in [0.1, 0.15) is 33.2 Å². The van der Waals surface area contributed by atoms with Crippen LogP contribution in [-0.4, -0.2) is 23.6 Å². The Morgan fingerprint density at radius 3 is 2.22 bits per heavy atom. The number of carbonyl (C=O) groups is 2. The summed E-state index contributed by atoms with van der Waals surface area (Å²) in [6, 6.07) is 18.0. The van der Waals surface area contributed by atoms with Gasteiger partial charge in [0.05, 0.1) is 17.7 Å². The first-order valence-corrected chi connectivity index (χ1v) is 10.3. The van der Waals surface area contributed by atoms with E-state index in [0.29, 0.717) is 36.1 Å². The van der Waals surface area contributed by atoms with Crippen LogP contribution in [0.5, 0.6) is 17.2 Å². The quantitative estimate of drug-likeness (QED) is 0.184. The van der Waals surface area contributed by atoms with Gasteiger partial charge >= 0.3 is 5.97 Å². The Morgan fingerprint density at radius 2 is 1.56 bits per heavy atom. The molecule has 32 heavy (non-hydrogen) atoms. The first kappa shape index (κ1) is 23.0. The summed E-state index contributed by atoms with van der Waals surface area (Å²) in [5.74, 6) is -0.500. The van der Waals surface area contributed by atoms with Gasteiger partial charge in [-0.1, -0.05) is 22.0 Å². The molecule has 0 unspecified atom stereocenters. The average Bonchev–Trinajstić information content (AvgIpc) is 2.79.